The molecule has 1 unspecified atom stereocenters. The Labute approximate surface area is 145 Å². The average Bonchev–Trinajstić information content (AvgIpc) is 2.98. The number of anilines is 1. The van der Waals surface area contributed by atoms with E-state index in [4.69, 9.17) is 11.6 Å². The van der Waals surface area contributed by atoms with Gasteiger partial charge >= 0.3 is 0 Å². The van der Waals surface area contributed by atoms with Crippen LogP contribution in [0.25, 0.3) is 22.3 Å². The molecule has 3 aromatic rings. The van der Waals surface area contributed by atoms with Crippen molar-refractivity contribution in [3.05, 3.63) is 35.9 Å². The zero-order chi connectivity index (χ0) is 16.5. The SMILES string of the molecule is CN1CCCC(Nc2cc(-c3c[nH]c4nccnc34)cc(Cl)n2)C1. The van der Waals surface area contributed by atoms with Crippen molar-refractivity contribution in [2.75, 3.05) is 25.5 Å². The molecule has 0 saturated carbocycles. The van der Waals surface area contributed by atoms with Gasteiger partial charge in [-0.05, 0) is 44.1 Å². The predicted octanol–water partition coefficient (Wildman–Crippen LogP) is 3.18. The van der Waals surface area contributed by atoms with Crippen molar-refractivity contribution < 1.29 is 0 Å². The number of fused-ring (bicyclic) bond motifs is 1. The van der Waals surface area contributed by atoms with E-state index in [9.17, 15) is 0 Å². The van der Waals surface area contributed by atoms with E-state index in [0.29, 0.717) is 11.2 Å². The minimum absolute atomic E-state index is 0.394. The molecule has 1 saturated heterocycles. The quantitative estimate of drug-likeness (QED) is 0.715. The van der Waals surface area contributed by atoms with Crippen LogP contribution < -0.4 is 5.32 Å². The highest BCUT2D eigenvalue weighted by atomic mass is 35.5. The Morgan fingerprint density at radius 3 is 3.04 bits per heavy atom. The third-order valence-electron chi connectivity index (χ3n) is 4.39. The first-order chi connectivity index (χ1) is 11.7. The summed E-state index contributed by atoms with van der Waals surface area (Å²) in [5.74, 6) is 0.802. The summed E-state index contributed by atoms with van der Waals surface area (Å²) in [6, 6.07) is 4.28. The van der Waals surface area contributed by atoms with E-state index in [-0.39, 0.29) is 0 Å². The van der Waals surface area contributed by atoms with Crippen LogP contribution in [0.15, 0.2) is 30.7 Å². The van der Waals surface area contributed by atoms with Gasteiger partial charge in [-0.25, -0.2) is 9.97 Å². The van der Waals surface area contributed by atoms with Crippen LogP contribution in [0, 0.1) is 0 Å². The number of rotatable bonds is 3. The normalized spacial score (nSPS) is 18.8. The van der Waals surface area contributed by atoms with Crippen LogP contribution in [0.2, 0.25) is 5.15 Å². The maximum absolute atomic E-state index is 6.26. The first-order valence-electron chi connectivity index (χ1n) is 8.10. The third kappa shape index (κ3) is 3.07. The van der Waals surface area contributed by atoms with Gasteiger partial charge in [-0.2, -0.15) is 0 Å². The lowest BCUT2D eigenvalue weighted by Gasteiger charge is -2.30. The van der Waals surface area contributed by atoms with E-state index in [1.54, 1.807) is 12.4 Å². The minimum atomic E-state index is 0.394. The first-order valence-corrected chi connectivity index (χ1v) is 8.48. The smallest absolute Gasteiger partial charge is 0.156 e. The molecule has 24 heavy (non-hydrogen) atoms. The largest absolute Gasteiger partial charge is 0.366 e. The van der Waals surface area contributed by atoms with Crippen molar-refractivity contribution in [2.24, 2.45) is 0 Å². The van der Waals surface area contributed by atoms with Crippen LogP contribution in [0.4, 0.5) is 5.82 Å². The molecular weight excluding hydrogens is 324 g/mol. The van der Waals surface area contributed by atoms with E-state index >= 15 is 0 Å². The number of H-pyrrole nitrogens is 1. The monoisotopic (exact) mass is 342 g/mol. The molecule has 124 valence electrons. The van der Waals surface area contributed by atoms with E-state index in [2.05, 4.69) is 37.2 Å². The van der Waals surface area contributed by atoms with Crippen molar-refractivity contribution in [1.82, 2.24) is 24.8 Å². The van der Waals surface area contributed by atoms with Crippen molar-refractivity contribution in [3.63, 3.8) is 0 Å². The number of pyridine rings is 1. The number of hydrogen-bond acceptors (Lipinski definition) is 5. The molecule has 1 fully saturated rings. The summed E-state index contributed by atoms with van der Waals surface area (Å²) in [4.78, 5) is 18.6. The van der Waals surface area contributed by atoms with Gasteiger partial charge in [-0.1, -0.05) is 11.6 Å². The van der Waals surface area contributed by atoms with Gasteiger partial charge in [0.25, 0.3) is 0 Å². The number of nitrogens with zero attached hydrogens (tertiary/aromatic N) is 4. The Bertz CT molecular complexity index is 861. The zero-order valence-corrected chi connectivity index (χ0v) is 14.2. The summed E-state index contributed by atoms with van der Waals surface area (Å²) >= 11 is 6.26. The van der Waals surface area contributed by atoms with Gasteiger partial charge in [-0.3, -0.25) is 4.98 Å². The summed E-state index contributed by atoms with van der Waals surface area (Å²) in [7, 11) is 2.15. The van der Waals surface area contributed by atoms with Crippen LogP contribution in [0.1, 0.15) is 12.8 Å². The molecule has 0 amide bonds. The Morgan fingerprint density at radius 1 is 1.29 bits per heavy atom. The second-order valence-corrected chi connectivity index (χ2v) is 6.65. The Balaban J connectivity index is 1.66. The number of hydrogen-bond donors (Lipinski definition) is 2. The third-order valence-corrected chi connectivity index (χ3v) is 4.58. The maximum atomic E-state index is 6.26. The molecule has 0 aromatic carbocycles. The van der Waals surface area contributed by atoms with Crippen molar-refractivity contribution in [2.45, 2.75) is 18.9 Å². The van der Waals surface area contributed by atoms with Crippen LogP contribution in [0.5, 0.6) is 0 Å². The molecule has 1 atom stereocenters. The number of aromatic amines is 1. The topological polar surface area (TPSA) is 69.7 Å². The Hall–Kier alpha value is -2.18. The summed E-state index contributed by atoms with van der Waals surface area (Å²) in [5, 5.41) is 3.99. The number of halogens is 1. The maximum Gasteiger partial charge on any atom is 0.156 e. The summed E-state index contributed by atoms with van der Waals surface area (Å²) in [5.41, 5.74) is 3.56. The fraction of sp³-hybridized carbons (Fsp3) is 0.353. The van der Waals surface area contributed by atoms with E-state index in [1.807, 2.05) is 18.3 Å². The highest BCUT2D eigenvalue weighted by Crippen LogP contribution is 2.30. The van der Waals surface area contributed by atoms with Crippen molar-refractivity contribution in [3.8, 4) is 11.1 Å². The van der Waals surface area contributed by atoms with Gasteiger partial charge in [-0.15, -0.1) is 0 Å². The molecule has 0 radical (unpaired) electrons. The van der Waals surface area contributed by atoms with Gasteiger partial charge in [0.05, 0.1) is 0 Å². The van der Waals surface area contributed by atoms with Crippen LogP contribution in [0.3, 0.4) is 0 Å². The lowest BCUT2D eigenvalue weighted by atomic mass is 10.1. The number of likely N-dealkylation sites (tertiary alicyclic amines) is 1. The van der Waals surface area contributed by atoms with E-state index in [1.165, 1.54) is 6.42 Å². The molecule has 7 heteroatoms. The van der Waals surface area contributed by atoms with Crippen LogP contribution in [-0.4, -0.2) is 51.0 Å². The number of likely N-dealkylation sites (N-methyl/N-ethyl adjacent to an activating group) is 1. The molecule has 0 spiro atoms. The summed E-state index contributed by atoms with van der Waals surface area (Å²) in [6.07, 6.45) is 7.62. The molecule has 4 heterocycles. The van der Waals surface area contributed by atoms with Gasteiger partial charge < -0.3 is 15.2 Å². The minimum Gasteiger partial charge on any atom is -0.366 e. The van der Waals surface area contributed by atoms with Crippen molar-refractivity contribution in [1.29, 1.82) is 0 Å². The lowest BCUT2D eigenvalue weighted by molar-refractivity contribution is 0.261. The van der Waals surface area contributed by atoms with Gasteiger partial charge in [0.15, 0.2) is 5.65 Å². The molecule has 1 aliphatic rings. The highest BCUT2D eigenvalue weighted by Gasteiger charge is 2.18. The fourth-order valence-corrected chi connectivity index (χ4v) is 3.50. The van der Waals surface area contributed by atoms with E-state index < -0.39 is 0 Å². The molecule has 0 aliphatic carbocycles. The molecule has 3 aromatic heterocycles. The molecule has 0 bridgehead atoms. The van der Waals surface area contributed by atoms with Crippen LogP contribution >= 0.6 is 11.6 Å². The Kier molecular flexibility index (Phi) is 4.08. The highest BCUT2D eigenvalue weighted by molar-refractivity contribution is 6.29. The van der Waals surface area contributed by atoms with Gasteiger partial charge in [0, 0.05) is 36.7 Å². The predicted molar refractivity (Wildman–Crippen MR) is 96.3 cm³/mol. The second-order valence-electron chi connectivity index (χ2n) is 6.27. The fourth-order valence-electron chi connectivity index (χ4n) is 3.29. The Morgan fingerprint density at radius 2 is 2.17 bits per heavy atom. The number of nitrogens with one attached hydrogen (secondary N) is 2. The number of piperidine rings is 1. The summed E-state index contributed by atoms with van der Waals surface area (Å²) < 4.78 is 0. The molecule has 1 aliphatic heterocycles. The second kappa shape index (κ2) is 6.37. The molecule has 6 nitrogen and oxygen atoms in total. The van der Waals surface area contributed by atoms with Gasteiger partial charge in [0.1, 0.15) is 16.5 Å². The molecule has 4 rings (SSSR count). The standard InChI is InChI=1S/C17H19ClN6/c1-24-6-2-3-12(10-24)22-15-8-11(7-14(18)23-15)13-9-21-17-16(13)19-4-5-20-17/h4-5,7-9,12H,2-3,6,10H2,1H3,(H,20,21)(H,22,23). The first kappa shape index (κ1) is 15.4. The van der Waals surface area contributed by atoms with Gasteiger partial charge in [0.2, 0.25) is 0 Å². The molecular formula is C17H19ClN6. The zero-order valence-electron chi connectivity index (χ0n) is 13.5. The van der Waals surface area contributed by atoms with E-state index in [0.717, 1.165) is 47.6 Å². The van der Waals surface area contributed by atoms with Crippen molar-refractivity contribution >= 4 is 28.6 Å². The summed E-state index contributed by atoms with van der Waals surface area (Å²) in [6.45, 7) is 2.17. The number of aromatic nitrogens is 4. The average molecular weight is 343 g/mol. The lowest BCUT2D eigenvalue weighted by Crippen LogP contribution is -2.39. The molecule has 2 N–H and O–H groups in total. The van der Waals surface area contributed by atoms with Crippen LogP contribution in [-0.2, 0) is 0 Å².